The van der Waals surface area contributed by atoms with Gasteiger partial charge in [0.1, 0.15) is 24.6 Å². The molecule has 1 atom stereocenters. The number of carbonyl (C=O) groups is 2. The molecule has 0 fully saturated rings. The van der Waals surface area contributed by atoms with Gasteiger partial charge < -0.3 is 24.3 Å². The highest BCUT2D eigenvalue weighted by Gasteiger charge is 2.44. The van der Waals surface area contributed by atoms with Crippen molar-refractivity contribution >= 4 is 12.1 Å². The predicted octanol–water partition coefficient (Wildman–Crippen LogP) is 4.19. The quantitative estimate of drug-likeness (QED) is 0.434. The van der Waals surface area contributed by atoms with Crippen LogP contribution >= 0.6 is 0 Å². The lowest BCUT2D eigenvalue weighted by molar-refractivity contribution is -0.163. The van der Waals surface area contributed by atoms with Crippen LogP contribution in [-0.2, 0) is 32.0 Å². The molecule has 1 unspecified atom stereocenters. The Bertz CT molecular complexity index is 884. The molecule has 0 radical (unpaired) electrons. The van der Waals surface area contributed by atoms with Crippen molar-refractivity contribution in [1.29, 1.82) is 0 Å². The van der Waals surface area contributed by atoms with E-state index in [0.717, 1.165) is 5.56 Å². The predicted molar refractivity (Wildman–Crippen MR) is 117 cm³/mol. The first-order valence-electron chi connectivity index (χ1n) is 10.2. The summed E-state index contributed by atoms with van der Waals surface area (Å²) in [6, 6.07) is 15.8. The second-order valence-electron chi connectivity index (χ2n) is 8.28. The number of hydrogen-bond donors (Lipinski definition) is 1. The van der Waals surface area contributed by atoms with Gasteiger partial charge in [-0.2, -0.15) is 0 Å². The largest absolute Gasteiger partial charge is 0.468 e. The van der Waals surface area contributed by atoms with Crippen LogP contribution in [0.1, 0.15) is 31.9 Å². The van der Waals surface area contributed by atoms with E-state index in [-0.39, 0.29) is 19.8 Å². The third kappa shape index (κ3) is 7.85. The van der Waals surface area contributed by atoms with Gasteiger partial charge in [-0.1, -0.05) is 42.5 Å². The first-order chi connectivity index (χ1) is 15.2. The van der Waals surface area contributed by atoms with Gasteiger partial charge >= 0.3 is 12.1 Å². The van der Waals surface area contributed by atoms with Gasteiger partial charge in [0.2, 0.25) is 0 Å². The van der Waals surface area contributed by atoms with Gasteiger partial charge in [-0.3, -0.25) is 0 Å². The molecule has 2 aromatic rings. The molecular formula is C24H30FNO6. The van der Waals surface area contributed by atoms with E-state index in [2.05, 4.69) is 5.32 Å². The highest BCUT2D eigenvalue weighted by atomic mass is 19.1. The number of rotatable bonds is 10. The maximum Gasteiger partial charge on any atom is 0.408 e. The summed E-state index contributed by atoms with van der Waals surface area (Å²) in [5.74, 6) is -0.416. The molecule has 0 saturated heterocycles. The van der Waals surface area contributed by atoms with Crippen LogP contribution in [-0.4, -0.2) is 43.8 Å². The number of alkyl halides is 1. The number of benzene rings is 2. The molecule has 0 aliphatic carbocycles. The van der Waals surface area contributed by atoms with Crippen LogP contribution in [0.15, 0.2) is 54.6 Å². The van der Waals surface area contributed by atoms with Gasteiger partial charge in [0.25, 0.3) is 0 Å². The molecule has 8 heteroatoms. The zero-order chi connectivity index (χ0) is 23.6. The van der Waals surface area contributed by atoms with E-state index >= 15 is 0 Å². The minimum Gasteiger partial charge on any atom is -0.468 e. The maximum atomic E-state index is 14.4. The van der Waals surface area contributed by atoms with Gasteiger partial charge in [0, 0.05) is 13.5 Å². The summed E-state index contributed by atoms with van der Waals surface area (Å²) in [6.07, 6.45) is -1.09. The average molecular weight is 448 g/mol. The minimum atomic E-state index is -1.97. The fourth-order valence-electron chi connectivity index (χ4n) is 2.85. The lowest BCUT2D eigenvalue weighted by Gasteiger charge is -2.33. The van der Waals surface area contributed by atoms with Crippen LogP contribution < -0.4 is 10.1 Å². The zero-order valence-electron chi connectivity index (χ0n) is 18.9. The van der Waals surface area contributed by atoms with E-state index in [1.54, 1.807) is 57.2 Å². The first-order valence-corrected chi connectivity index (χ1v) is 10.2. The number of ether oxygens (including phenoxy) is 4. The Morgan fingerprint density at radius 3 is 2.31 bits per heavy atom. The van der Waals surface area contributed by atoms with E-state index in [9.17, 15) is 14.0 Å². The molecular weight excluding hydrogens is 417 g/mol. The van der Waals surface area contributed by atoms with Crippen molar-refractivity contribution in [2.45, 2.75) is 44.9 Å². The highest BCUT2D eigenvalue weighted by molar-refractivity contribution is 5.86. The number of carbonyl (C=O) groups excluding carboxylic acids is 2. The van der Waals surface area contributed by atoms with Crippen LogP contribution in [0.3, 0.4) is 0 Å². The van der Waals surface area contributed by atoms with Gasteiger partial charge in [0.15, 0.2) is 12.3 Å². The Hall–Kier alpha value is -3.13. The molecule has 1 N–H and O–H groups in total. The molecule has 0 spiro atoms. The van der Waals surface area contributed by atoms with Crippen LogP contribution in [0, 0.1) is 0 Å². The average Bonchev–Trinajstić information content (AvgIpc) is 2.75. The molecule has 0 heterocycles. The summed E-state index contributed by atoms with van der Waals surface area (Å²) in [5, 5.41) is 2.41. The summed E-state index contributed by atoms with van der Waals surface area (Å²) >= 11 is 0. The molecule has 174 valence electrons. The number of halogens is 1. The Labute approximate surface area is 187 Å². The van der Waals surface area contributed by atoms with E-state index in [0.29, 0.717) is 11.3 Å². The third-order valence-corrected chi connectivity index (χ3v) is 4.32. The topological polar surface area (TPSA) is 83.1 Å². The Balaban J connectivity index is 2.23. The van der Waals surface area contributed by atoms with E-state index in [4.69, 9.17) is 18.9 Å². The van der Waals surface area contributed by atoms with Crippen molar-refractivity contribution < 1.29 is 32.9 Å². The number of hydrogen-bond acceptors (Lipinski definition) is 6. The molecule has 7 nitrogen and oxygen atoms in total. The number of nitrogens with one attached hydrogen (secondary N) is 1. The SMILES string of the molecule is COCOc1cccc(CC(CF)(NC(=O)OCc2ccccc2)C(=O)OC(C)(C)C)c1. The number of esters is 1. The van der Waals surface area contributed by atoms with Gasteiger partial charge in [-0.05, 0) is 44.0 Å². The fraction of sp³-hybridized carbons (Fsp3) is 0.417. The molecule has 0 aliphatic rings. The van der Waals surface area contributed by atoms with Crippen LogP contribution in [0.25, 0.3) is 0 Å². The summed E-state index contributed by atoms with van der Waals surface area (Å²) in [4.78, 5) is 25.5. The standard InChI is InChI=1S/C24H30FNO6/c1-23(2,3)32-21(27)24(16-25,14-19-11-8-12-20(13-19)31-17-29-4)26-22(28)30-15-18-9-6-5-7-10-18/h5-13H,14-17H2,1-4H3,(H,26,28). The number of alkyl carbamates (subject to hydrolysis) is 1. The highest BCUT2D eigenvalue weighted by Crippen LogP contribution is 2.23. The smallest absolute Gasteiger partial charge is 0.408 e. The lowest BCUT2D eigenvalue weighted by Crippen LogP contribution is -2.59. The fourth-order valence-corrected chi connectivity index (χ4v) is 2.85. The van der Waals surface area contributed by atoms with Gasteiger partial charge in [-0.25, -0.2) is 14.0 Å². The minimum absolute atomic E-state index is 0.0241. The molecule has 0 aromatic heterocycles. The Kier molecular flexibility index (Phi) is 9.02. The van der Waals surface area contributed by atoms with E-state index in [1.165, 1.54) is 7.11 Å². The van der Waals surface area contributed by atoms with Crippen LogP contribution in [0.5, 0.6) is 5.75 Å². The summed E-state index contributed by atoms with van der Waals surface area (Å²) in [5.41, 5.74) is -1.53. The summed E-state index contributed by atoms with van der Waals surface area (Å²) in [7, 11) is 1.49. The molecule has 32 heavy (non-hydrogen) atoms. The van der Waals surface area contributed by atoms with Crippen LogP contribution in [0.2, 0.25) is 0 Å². The normalized spacial score (nSPS) is 13.0. The second kappa shape index (κ2) is 11.5. The van der Waals surface area contributed by atoms with Crippen LogP contribution in [0.4, 0.5) is 9.18 Å². The molecule has 0 bridgehead atoms. The Morgan fingerprint density at radius 1 is 1.00 bits per heavy atom. The van der Waals surface area contributed by atoms with Crippen molar-refractivity contribution in [2.24, 2.45) is 0 Å². The van der Waals surface area contributed by atoms with Crippen molar-refractivity contribution in [3.05, 3.63) is 65.7 Å². The number of methoxy groups -OCH3 is 1. The second-order valence-corrected chi connectivity index (χ2v) is 8.28. The van der Waals surface area contributed by atoms with Crippen molar-refractivity contribution in [1.82, 2.24) is 5.32 Å². The Morgan fingerprint density at radius 2 is 1.69 bits per heavy atom. The molecule has 0 saturated carbocycles. The third-order valence-electron chi connectivity index (χ3n) is 4.32. The first kappa shape index (κ1) is 25.1. The molecule has 0 aliphatic heterocycles. The molecule has 2 aromatic carbocycles. The van der Waals surface area contributed by atoms with Crippen molar-refractivity contribution in [2.75, 3.05) is 20.6 Å². The van der Waals surface area contributed by atoms with Gasteiger partial charge in [0.05, 0.1) is 0 Å². The van der Waals surface area contributed by atoms with Gasteiger partial charge in [-0.15, -0.1) is 0 Å². The zero-order valence-corrected chi connectivity index (χ0v) is 18.9. The number of amides is 1. The van der Waals surface area contributed by atoms with Crippen molar-refractivity contribution in [3.63, 3.8) is 0 Å². The monoisotopic (exact) mass is 447 g/mol. The van der Waals surface area contributed by atoms with Crippen molar-refractivity contribution in [3.8, 4) is 5.75 Å². The lowest BCUT2D eigenvalue weighted by atomic mass is 9.91. The summed E-state index contributed by atoms with van der Waals surface area (Å²) in [6.45, 7) is 3.82. The summed E-state index contributed by atoms with van der Waals surface area (Å²) < 4.78 is 35.4. The maximum absolute atomic E-state index is 14.4. The van der Waals surface area contributed by atoms with E-state index in [1.807, 2.05) is 18.2 Å². The molecule has 1 amide bonds. The van der Waals surface area contributed by atoms with E-state index < -0.39 is 29.9 Å². The molecule has 2 rings (SSSR count).